The molecule has 2 atom stereocenters. The highest BCUT2D eigenvalue weighted by Crippen LogP contribution is 2.38. The number of nitrogens with one attached hydrogen (secondary N) is 1. The molecule has 23 heavy (non-hydrogen) atoms. The van der Waals surface area contributed by atoms with Crippen LogP contribution in [0.3, 0.4) is 0 Å². The second kappa shape index (κ2) is 4.91. The molecular weight excluding hydrogens is 298 g/mol. The molecule has 2 aliphatic heterocycles. The van der Waals surface area contributed by atoms with E-state index in [0.29, 0.717) is 5.69 Å². The van der Waals surface area contributed by atoms with Gasteiger partial charge in [-0.2, -0.15) is 5.10 Å². The van der Waals surface area contributed by atoms with Crippen molar-refractivity contribution in [3.63, 3.8) is 0 Å². The highest BCUT2D eigenvalue weighted by atomic mass is 16.5. The van der Waals surface area contributed by atoms with E-state index < -0.39 is 29.2 Å². The summed E-state index contributed by atoms with van der Waals surface area (Å²) in [7, 11) is 1.21. The van der Waals surface area contributed by atoms with E-state index in [0.717, 1.165) is 16.0 Å². The van der Waals surface area contributed by atoms with E-state index in [9.17, 15) is 14.4 Å². The minimum absolute atomic E-state index is 0.0697. The van der Waals surface area contributed by atoms with Crippen molar-refractivity contribution < 1.29 is 19.1 Å². The van der Waals surface area contributed by atoms with Gasteiger partial charge in [-0.05, 0) is 44.0 Å². The van der Waals surface area contributed by atoms with Crippen LogP contribution < -0.4 is 10.3 Å². The number of methoxy groups -OCH3 is 1. The standard InChI is InChI=1S/C16H17N3O4/c1-8-5-6-10(7-9(8)2)19-13(20)11-12(14(21)23-4)17-18-16(11,3)15(19)22/h5-7,11,18H,1-4H3/t11-,16-/m1/s1. The number of fused-ring (bicyclic) bond motifs is 1. The Morgan fingerprint density at radius 2 is 2.00 bits per heavy atom. The first-order valence-electron chi connectivity index (χ1n) is 7.20. The van der Waals surface area contributed by atoms with E-state index in [1.807, 2.05) is 19.9 Å². The number of anilines is 1. The number of amides is 2. The minimum Gasteiger partial charge on any atom is -0.464 e. The summed E-state index contributed by atoms with van der Waals surface area (Å²) in [5.41, 5.74) is 3.83. The van der Waals surface area contributed by atoms with Crippen molar-refractivity contribution in [1.82, 2.24) is 5.43 Å². The highest BCUT2D eigenvalue weighted by Gasteiger charge is 2.63. The average molecular weight is 315 g/mol. The van der Waals surface area contributed by atoms with Gasteiger partial charge < -0.3 is 4.74 Å². The van der Waals surface area contributed by atoms with E-state index in [2.05, 4.69) is 15.3 Å². The minimum atomic E-state index is -1.26. The number of imide groups is 1. The van der Waals surface area contributed by atoms with Crippen LogP contribution in [0.1, 0.15) is 18.1 Å². The molecule has 1 aromatic carbocycles. The number of rotatable bonds is 2. The van der Waals surface area contributed by atoms with Crippen molar-refractivity contribution >= 4 is 29.2 Å². The van der Waals surface area contributed by atoms with Gasteiger partial charge >= 0.3 is 5.97 Å². The Morgan fingerprint density at radius 1 is 1.30 bits per heavy atom. The topological polar surface area (TPSA) is 88.1 Å². The molecule has 1 aromatic rings. The zero-order valence-corrected chi connectivity index (χ0v) is 13.3. The van der Waals surface area contributed by atoms with Gasteiger partial charge in [0.15, 0.2) is 5.71 Å². The van der Waals surface area contributed by atoms with Gasteiger partial charge in [0.25, 0.3) is 5.91 Å². The van der Waals surface area contributed by atoms with Gasteiger partial charge in [-0.3, -0.25) is 15.0 Å². The monoisotopic (exact) mass is 315 g/mol. The second-order valence-corrected chi connectivity index (χ2v) is 5.98. The number of esters is 1. The fourth-order valence-corrected chi connectivity index (χ4v) is 2.95. The number of nitrogens with zero attached hydrogens (tertiary/aromatic N) is 2. The Balaban J connectivity index is 2.05. The van der Waals surface area contributed by atoms with Gasteiger partial charge in [-0.1, -0.05) is 6.07 Å². The molecule has 0 unspecified atom stereocenters. The molecule has 1 fully saturated rings. The van der Waals surface area contributed by atoms with Gasteiger partial charge in [0.05, 0.1) is 12.8 Å². The molecule has 1 N–H and O–H groups in total. The van der Waals surface area contributed by atoms with Crippen LogP contribution >= 0.6 is 0 Å². The van der Waals surface area contributed by atoms with Crippen LogP contribution in [0.5, 0.6) is 0 Å². The molecule has 0 saturated carbocycles. The van der Waals surface area contributed by atoms with Crippen LogP contribution in [0.2, 0.25) is 0 Å². The SMILES string of the molecule is COC(=O)C1=NN[C@@]2(C)C(=O)N(c3ccc(C)c(C)c3)C(=O)[C@@H]12. The third-order valence-electron chi connectivity index (χ3n) is 4.52. The molecule has 120 valence electrons. The van der Waals surface area contributed by atoms with Crippen LogP contribution in [-0.4, -0.2) is 36.1 Å². The maximum atomic E-state index is 12.8. The summed E-state index contributed by atoms with van der Waals surface area (Å²) in [6.45, 7) is 5.43. The number of carbonyl (C=O) groups excluding carboxylic acids is 3. The Morgan fingerprint density at radius 3 is 2.61 bits per heavy atom. The molecular formula is C16H17N3O4. The Hall–Kier alpha value is -2.70. The van der Waals surface area contributed by atoms with Crippen molar-refractivity contribution in [1.29, 1.82) is 0 Å². The van der Waals surface area contributed by atoms with Crippen molar-refractivity contribution in [3.8, 4) is 0 Å². The van der Waals surface area contributed by atoms with Crippen molar-refractivity contribution in [2.24, 2.45) is 11.0 Å². The molecule has 0 spiro atoms. The first kappa shape index (κ1) is 15.2. The third-order valence-corrected chi connectivity index (χ3v) is 4.52. The van der Waals surface area contributed by atoms with E-state index in [1.165, 1.54) is 7.11 Å². The lowest BCUT2D eigenvalue weighted by Gasteiger charge is -2.20. The number of carbonyl (C=O) groups is 3. The molecule has 2 amide bonds. The summed E-state index contributed by atoms with van der Waals surface area (Å²) in [6, 6.07) is 5.35. The first-order chi connectivity index (χ1) is 10.8. The summed E-state index contributed by atoms with van der Waals surface area (Å²) >= 11 is 0. The Kier molecular flexibility index (Phi) is 3.24. The predicted molar refractivity (Wildman–Crippen MR) is 82.9 cm³/mol. The maximum absolute atomic E-state index is 12.8. The lowest BCUT2D eigenvalue weighted by atomic mass is 9.86. The number of hydrogen-bond acceptors (Lipinski definition) is 6. The quantitative estimate of drug-likeness (QED) is 0.640. The summed E-state index contributed by atoms with van der Waals surface area (Å²) in [4.78, 5) is 38.5. The van der Waals surface area contributed by atoms with Gasteiger partial charge in [0, 0.05) is 0 Å². The van der Waals surface area contributed by atoms with Crippen LogP contribution in [0, 0.1) is 19.8 Å². The van der Waals surface area contributed by atoms with Gasteiger partial charge in [0.2, 0.25) is 5.91 Å². The fourth-order valence-electron chi connectivity index (χ4n) is 2.95. The number of hydrazone groups is 1. The van der Waals surface area contributed by atoms with Gasteiger partial charge in [0.1, 0.15) is 11.5 Å². The van der Waals surface area contributed by atoms with Crippen LogP contribution in [0.15, 0.2) is 23.3 Å². The average Bonchev–Trinajstić information content (AvgIpc) is 2.96. The molecule has 2 aliphatic rings. The Bertz CT molecular complexity index is 771. The largest absolute Gasteiger partial charge is 0.464 e. The summed E-state index contributed by atoms with van der Waals surface area (Å²) < 4.78 is 4.65. The molecule has 7 heteroatoms. The van der Waals surface area contributed by atoms with Gasteiger partial charge in [-0.25, -0.2) is 9.69 Å². The lowest BCUT2D eigenvalue weighted by molar-refractivity contribution is -0.133. The third kappa shape index (κ3) is 1.96. The van der Waals surface area contributed by atoms with E-state index in [1.54, 1.807) is 19.1 Å². The lowest BCUT2D eigenvalue weighted by Crippen LogP contribution is -2.48. The zero-order valence-electron chi connectivity index (χ0n) is 13.3. The number of aryl methyl sites for hydroxylation is 2. The van der Waals surface area contributed by atoms with Gasteiger partial charge in [-0.15, -0.1) is 0 Å². The van der Waals surface area contributed by atoms with Crippen molar-refractivity contribution in [2.45, 2.75) is 26.3 Å². The zero-order chi connectivity index (χ0) is 16.9. The number of ether oxygens (including phenoxy) is 1. The van der Waals surface area contributed by atoms with E-state index in [-0.39, 0.29) is 5.71 Å². The molecule has 0 radical (unpaired) electrons. The normalized spacial score (nSPS) is 26.0. The molecule has 0 aromatic heterocycles. The van der Waals surface area contributed by atoms with Crippen LogP contribution in [0.25, 0.3) is 0 Å². The Labute approximate surface area is 133 Å². The molecule has 0 bridgehead atoms. The molecule has 2 heterocycles. The predicted octanol–water partition coefficient (Wildman–Crippen LogP) is 0.684. The van der Waals surface area contributed by atoms with E-state index in [4.69, 9.17) is 0 Å². The smallest absolute Gasteiger partial charge is 0.355 e. The second-order valence-electron chi connectivity index (χ2n) is 5.98. The first-order valence-corrected chi connectivity index (χ1v) is 7.20. The van der Waals surface area contributed by atoms with Crippen LogP contribution in [0.4, 0.5) is 5.69 Å². The maximum Gasteiger partial charge on any atom is 0.355 e. The molecule has 1 saturated heterocycles. The highest BCUT2D eigenvalue weighted by molar-refractivity contribution is 6.47. The summed E-state index contributed by atoms with van der Waals surface area (Å²) in [6.07, 6.45) is 0. The molecule has 3 rings (SSSR count). The summed E-state index contributed by atoms with van der Waals surface area (Å²) in [5.74, 6) is -2.60. The van der Waals surface area contributed by atoms with Crippen molar-refractivity contribution in [3.05, 3.63) is 29.3 Å². The summed E-state index contributed by atoms with van der Waals surface area (Å²) in [5, 5.41) is 3.85. The number of hydrogen-bond donors (Lipinski definition) is 1. The van der Waals surface area contributed by atoms with Crippen molar-refractivity contribution in [2.75, 3.05) is 12.0 Å². The fraction of sp³-hybridized carbons (Fsp3) is 0.375. The molecule has 0 aliphatic carbocycles. The van der Waals surface area contributed by atoms with Crippen LogP contribution in [-0.2, 0) is 19.1 Å². The molecule has 7 nitrogen and oxygen atoms in total. The van der Waals surface area contributed by atoms with E-state index >= 15 is 0 Å². The number of benzene rings is 1.